The first-order valence-electron chi connectivity index (χ1n) is 12.4. The van der Waals surface area contributed by atoms with E-state index in [0.29, 0.717) is 11.5 Å². The summed E-state index contributed by atoms with van der Waals surface area (Å²) in [4.78, 5) is 16.0. The maximum atomic E-state index is 11.4. The van der Waals surface area contributed by atoms with Gasteiger partial charge in [-0.2, -0.15) is 0 Å². The van der Waals surface area contributed by atoms with Crippen LogP contribution in [0.1, 0.15) is 60.0 Å². The predicted octanol–water partition coefficient (Wildman–Crippen LogP) is 7.34. The van der Waals surface area contributed by atoms with Crippen molar-refractivity contribution in [2.45, 2.75) is 57.0 Å². The molecule has 0 radical (unpaired) electrons. The summed E-state index contributed by atoms with van der Waals surface area (Å²) in [5.41, 5.74) is 4.07. The zero-order valence-electron chi connectivity index (χ0n) is 21.3. The van der Waals surface area contributed by atoms with E-state index in [1.807, 2.05) is 25.2 Å². The molecule has 36 heavy (non-hydrogen) atoms. The number of benzene rings is 2. The normalized spacial score (nSPS) is 13.6. The number of carboxylic acids is 1. The Labute approximate surface area is 222 Å². The smallest absolute Gasteiger partial charge is 0.345 e. The molecule has 2 aromatic carbocycles. The summed E-state index contributed by atoms with van der Waals surface area (Å²) in [5, 5.41) is 16.3. The Morgan fingerprint density at radius 3 is 2.22 bits per heavy atom. The van der Waals surface area contributed by atoms with Crippen LogP contribution < -0.4 is 14.4 Å². The molecule has 0 saturated heterocycles. The Morgan fingerprint density at radius 1 is 1.03 bits per heavy atom. The molecule has 1 saturated carbocycles. The number of aliphatic hydroxyl groups is 1. The number of carbonyl (C=O) groups is 1. The lowest BCUT2D eigenvalue weighted by atomic mass is 10.0. The maximum Gasteiger partial charge on any atom is 0.345 e. The van der Waals surface area contributed by atoms with E-state index in [9.17, 15) is 9.90 Å². The van der Waals surface area contributed by atoms with Crippen LogP contribution >= 0.6 is 23.3 Å². The first kappa shape index (κ1) is 28.1. The lowest BCUT2D eigenvalue weighted by Crippen LogP contribution is -2.18. The van der Waals surface area contributed by atoms with Crippen LogP contribution in [-0.4, -0.2) is 36.9 Å². The van der Waals surface area contributed by atoms with Crippen LogP contribution in [0.2, 0.25) is 0 Å². The minimum absolute atomic E-state index is 0.341. The topological polar surface area (TPSA) is 82.0 Å². The number of rotatable bonds is 6. The van der Waals surface area contributed by atoms with Crippen LogP contribution in [0.4, 0.5) is 11.4 Å². The minimum atomic E-state index is -0.899. The summed E-state index contributed by atoms with van der Waals surface area (Å²) < 4.78 is 9.18. The van der Waals surface area contributed by atoms with Crippen LogP contribution in [0.5, 0.6) is 5.75 Å². The molecule has 194 valence electrons. The van der Waals surface area contributed by atoms with Crippen molar-refractivity contribution in [2.75, 3.05) is 25.6 Å². The maximum absolute atomic E-state index is 11.4. The number of hydrogen-bond donors (Lipinski definition) is 3. The van der Waals surface area contributed by atoms with Gasteiger partial charge in [0.2, 0.25) is 0 Å². The Balaban J connectivity index is 0.000000390. The van der Waals surface area contributed by atoms with Crippen molar-refractivity contribution in [3.05, 3.63) is 58.3 Å². The molecule has 1 aromatic heterocycles. The molecule has 0 spiro atoms. The van der Waals surface area contributed by atoms with E-state index in [4.69, 9.17) is 9.84 Å². The Bertz CT molecular complexity index is 1100. The molecular formula is C28H36N2O4S2. The summed E-state index contributed by atoms with van der Waals surface area (Å²) in [6, 6.07) is 16.2. The predicted molar refractivity (Wildman–Crippen MR) is 151 cm³/mol. The Morgan fingerprint density at radius 2 is 1.67 bits per heavy atom. The molecular weight excluding hydrogens is 492 g/mol. The molecule has 0 unspecified atom stereocenters. The minimum Gasteiger partial charge on any atom is -0.487 e. The molecule has 2 heterocycles. The van der Waals surface area contributed by atoms with Crippen molar-refractivity contribution in [1.82, 2.24) is 4.72 Å². The number of fused-ring (bicyclic) bond motifs is 3. The number of thiophene rings is 1. The number of ether oxygens (including phenoxy) is 1. The van der Waals surface area contributed by atoms with E-state index < -0.39 is 5.97 Å². The fourth-order valence-corrected chi connectivity index (χ4v) is 6.05. The molecule has 0 atom stereocenters. The van der Waals surface area contributed by atoms with Crippen LogP contribution in [0.3, 0.4) is 0 Å². The van der Waals surface area contributed by atoms with Gasteiger partial charge in [0.15, 0.2) is 0 Å². The summed E-state index contributed by atoms with van der Waals surface area (Å²) in [6.45, 7) is 3.33. The highest BCUT2D eigenvalue weighted by Gasteiger charge is 2.25. The van der Waals surface area contributed by atoms with Gasteiger partial charge >= 0.3 is 5.97 Å². The fraction of sp³-hybridized carbons (Fsp3) is 0.393. The second-order valence-electron chi connectivity index (χ2n) is 8.36. The number of aromatic carboxylic acids is 1. The summed E-state index contributed by atoms with van der Waals surface area (Å²) in [7, 11) is 2.89. The van der Waals surface area contributed by atoms with E-state index in [1.54, 1.807) is 18.0 Å². The van der Waals surface area contributed by atoms with Gasteiger partial charge < -0.3 is 19.8 Å². The van der Waals surface area contributed by atoms with Gasteiger partial charge in [-0.1, -0.05) is 56.7 Å². The molecule has 8 heteroatoms. The van der Waals surface area contributed by atoms with Gasteiger partial charge in [-0.15, -0.1) is 11.3 Å². The second-order valence-corrected chi connectivity index (χ2v) is 10.6. The highest BCUT2D eigenvalue weighted by molar-refractivity contribution is 7.97. The van der Waals surface area contributed by atoms with Gasteiger partial charge in [-0.25, -0.2) is 4.79 Å². The van der Waals surface area contributed by atoms with Crippen LogP contribution in [0.25, 0.3) is 11.1 Å². The SMILES string of the molecule is C1CCCCC1.CCN(c1ccccc1)c1cc2c(cc1SNC)-c1cc(C(=O)O)sc1CO2.CO. The van der Waals surface area contributed by atoms with Gasteiger partial charge in [0.05, 0.1) is 10.6 Å². The van der Waals surface area contributed by atoms with Crippen LogP contribution in [0, 0.1) is 0 Å². The first-order chi connectivity index (χ1) is 17.6. The first-order valence-corrected chi connectivity index (χ1v) is 14.0. The number of para-hydroxylation sites is 1. The highest BCUT2D eigenvalue weighted by Crippen LogP contribution is 2.47. The van der Waals surface area contributed by atoms with E-state index >= 15 is 0 Å². The molecule has 1 aliphatic heterocycles. The van der Waals surface area contributed by atoms with Crippen LogP contribution in [0.15, 0.2) is 53.4 Å². The summed E-state index contributed by atoms with van der Waals surface area (Å²) in [6.07, 6.45) is 9.00. The lowest BCUT2D eigenvalue weighted by molar-refractivity contribution is 0.0702. The molecule has 0 bridgehead atoms. The average molecular weight is 529 g/mol. The molecule has 2 aliphatic rings. The van der Waals surface area contributed by atoms with Crippen molar-refractivity contribution in [3.8, 4) is 16.9 Å². The molecule has 0 amide bonds. The second kappa shape index (κ2) is 14.3. The molecule has 1 fully saturated rings. The number of nitrogens with zero attached hydrogens (tertiary/aromatic N) is 1. The van der Waals surface area contributed by atoms with Gasteiger partial charge in [-0.05, 0) is 50.2 Å². The monoisotopic (exact) mass is 528 g/mol. The van der Waals surface area contributed by atoms with Gasteiger partial charge in [-0.3, -0.25) is 4.72 Å². The van der Waals surface area contributed by atoms with Gasteiger partial charge in [0.25, 0.3) is 0 Å². The third kappa shape index (κ3) is 6.82. The highest BCUT2D eigenvalue weighted by atomic mass is 32.2. The van der Waals surface area contributed by atoms with E-state index in [1.165, 1.54) is 49.9 Å². The number of hydrogen-bond acceptors (Lipinski definition) is 7. The Hall–Kier alpha value is -2.52. The van der Waals surface area contributed by atoms with E-state index in [2.05, 4.69) is 40.8 Å². The number of carboxylic acid groups (broad SMARTS) is 1. The third-order valence-electron chi connectivity index (χ3n) is 6.12. The quantitative estimate of drug-likeness (QED) is 0.289. The number of nitrogens with one attached hydrogen (secondary N) is 1. The van der Waals surface area contributed by atoms with E-state index in [-0.39, 0.29) is 0 Å². The largest absolute Gasteiger partial charge is 0.487 e. The van der Waals surface area contributed by atoms with Crippen molar-refractivity contribution < 1.29 is 19.7 Å². The van der Waals surface area contributed by atoms with Gasteiger partial charge in [0, 0.05) is 41.4 Å². The zero-order valence-corrected chi connectivity index (χ0v) is 22.9. The molecule has 6 nitrogen and oxygen atoms in total. The molecule has 1 aliphatic carbocycles. The number of anilines is 2. The number of aliphatic hydroxyl groups excluding tert-OH is 1. The van der Waals surface area contributed by atoms with Crippen molar-refractivity contribution >= 4 is 40.6 Å². The standard InChI is InChI=1S/C21H20N2O3S2.C6H12.CH4O/c1-3-23(13-7-5-4-6-8-13)16-11-17-14(9-18(16)28-22-2)15-10-19(21(24)25)27-20(15)12-26-17;1-2-4-6-5-3-1;1-2/h4-11,22H,3,12H2,1-2H3,(H,24,25);1-6H2;2H,1H3. The summed E-state index contributed by atoms with van der Waals surface area (Å²) in [5.74, 6) is -0.115. The van der Waals surface area contributed by atoms with Gasteiger partial charge in [0.1, 0.15) is 17.2 Å². The third-order valence-corrected chi connectivity index (χ3v) is 7.96. The van der Waals surface area contributed by atoms with E-state index in [0.717, 1.165) is 51.7 Å². The zero-order chi connectivity index (χ0) is 25.9. The fourth-order valence-electron chi connectivity index (χ4n) is 4.45. The van der Waals surface area contributed by atoms with Crippen molar-refractivity contribution in [2.24, 2.45) is 0 Å². The average Bonchev–Trinajstić information content (AvgIpc) is 3.38. The molecule has 3 N–H and O–H groups in total. The lowest BCUT2D eigenvalue weighted by Gasteiger charge is -2.28. The van der Waals surface area contributed by atoms with Crippen LogP contribution in [-0.2, 0) is 6.61 Å². The molecule has 3 aromatic rings. The summed E-state index contributed by atoms with van der Waals surface area (Å²) >= 11 is 2.82. The Kier molecular flexibility index (Phi) is 11.1. The van der Waals surface area contributed by atoms with Crippen molar-refractivity contribution in [1.29, 1.82) is 0 Å². The van der Waals surface area contributed by atoms with Crippen molar-refractivity contribution in [3.63, 3.8) is 0 Å². The molecule has 5 rings (SSSR count).